The predicted octanol–water partition coefficient (Wildman–Crippen LogP) is 5.32. The van der Waals surface area contributed by atoms with E-state index in [0.717, 1.165) is 32.1 Å². The molecular weight excluding hydrogens is 352 g/mol. The highest BCUT2D eigenvalue weighted by molar-refractivity contribution is 5.38. The van der Waals surface area contributed by atoms with Crippen molar-refractivity contribution in [3.8, 4) is 5.75 Å². The maximum atomic E-state index is 12.9. The Morgan fingerprint density at radius 3 is 2.57 bits per heavy atom. The molecule has 0 radical (unpaired) electrons. The quantitative estimate of drug-likeness (QED) is 0.706. The van der Waals surface area contributed by atoms with E-state index in [9.17, 15) is 9.90 Å². The number of rotatable bonds is 7. The van der Waals surface area contributed by atoms with Crippen molar-refractivity contribution in [1.82, 2.24) is 0 Å². The van der Waals surface area contributed by atoms with Crippen molar-refractivity contribution >= 4 is 0 Å². The first kappa shape index (κ1) is 18.9. The van der Waals surface area contributed by atoms with Crippen molar-refractivity contribution in [2.75, 3.05) is 0 Å². The highest BCUT2D eigenvalue weighted by Crippen LogP contribution is 2.48. The molecule has 2 aromatic rings. The minimum absolute atomic E-state index is 0.00189. The Bertz CT molecular complexity index is 911. The molecule has 0 amide bonds. The molecule has 148 valence electrons. The van der Waals surface area contributed by atoms with Crippen LogP contribution in [0, 0.1) is 12.8 Å². The molecule has 0 saturated heterocycles. The van der Waals surface area contributed by atoms with E-state index in [4.69, 9.17) is 9.15 Å². The first-order valence-corrected chi connectivity index (χ1v) is 10.3. The van der Waals surface area contributed by atoms with Crippen molar-refractivity contribution in [2.45, 2.75) is 63.9 Å². The first-order valence-electron chi connectivity index (χ1n) is 10.3. The number of aryl methyl sites for hydroxylation is 1. The zero-order chi connectivity index (χ0) is 19.7. The fourth-order valence-electron chi connectivity index (χ4n) is 4.22. The van der Waals surface area contributed by atoms with E-state index >= 15 is 0 Å². The summed E-state index contributed by atoms with van der Waals surface area (Å²) in [6, 6.07) is 10.0. The summed E-state index contributed by atoms with van der Waals surface area (Å²) in [7, 11) is 0. The van der Waals surface area contributed by atoms with Gasteiger partial charge in [-0.3, -0.25) is 0 Å². The monoisotopic (exact) mass is 380 g/mol. The van der Waals surface area contributed by atoms with Gasteiger partial charge in [-0.05, 0) is 43.7 Å². The van der Waals surface area contributed by atoms with Gasteiger partial charge in [0.2, 0.25) is 0 Å². The van der Waals surface area contributed by atoms with E-state index < -0.39 is 11.2 Å². The molecular formula is C24H28O4. The second-order valence-electron chi connectivity index (χ2n) is 8.33. The van der Waals surface area contributed by atoms with E-state index in [1.165, 1.54) is 11.1 Å². The summed E-state index contributed by atoms with van der Waals surface area (Å²) in [5.41, 5.74) is 1.44. The molecule has 1 aliphatic heterocycles. The van der Waals surface area contributed by atoms with E-state index in [-0.39, 0.29) is 17.2 Å². The van der Waals surface area contributed by atoms with E-state index in [1.54, 1.807) is 12.3 Å². The molecule has 1 aromatic carbocycles. The maximum Gasteiger partial charge on any atom is 0.347 e. The Morgan fingerprint density at radius 2 is 2.00 bits per heavy atom. The van der Waals surface area contributed by atoms with Crippen LogP contribution in [-0.4, -0.2) is 5.11 Å². The molecule has 2 aliphatic rings. The largest absolute Gasteiger partial charge is 0.507 e. The zero-order valence-electron chi connectivity index (χ0n) is 16.6. The van der Waals surface area contributed by atoms with E-state index in [0.29, 0.717) is 18.1 Å². The molecule has 1 fully saturated rings. The topological polar surface area (TPSA) is 59.7 Å². The minimum atomic E-state index is -0.775. The van der Waals surface area contributed by atoms with Crippen molar-refractivity contribution in [3.63, 3.8) is 0 Å². The number of hydrogen-bond acceptors (Lipinski definition) is 4. The van der Waals surface area contributed by atoms with Crippen molar-refractivity contribution in [3.05, 3.63) is 75.5 Å². The first-order chi connectivity index (χ1) is 13.5. The van der Waals surface area contributed by atoms with Crippen LogP contribution in [0.25, 0.3) is 0 Å². The van der Waals surface area contributed by atoms with Crippen molar-refractivity contribution < 1.29 is 14.3 Å². The van der Waals surface area contributed by atoms with Gasteiger partial charge in [-0.2, -0.15) is 0 Å². The van der Waals surface area contributed by atoms with Gasteiger partial charge in [-0.25, -0.2) is 4.79 Å². The standard InChI is InChI=1S/C24H28O4/c1-3-19(13-17-7-5-16(2)6-8-17)21-14-20(25)22(23(26)28-21)24(11-4-12-27-24)15-18-9-10-18/h4-8,12,14,18-19,25H,3,9-11,13,15H2,1-2H3. The zero-order valence-corrected chi connectivity index (χ0v) is 16.6. The molecule has 1 aromatic heterocycles. The van der Waals surface area contributed by atoms with Crippen LogP contribution in [0.4, 0.5) is 0 Å². The minimum Gasteiger partial charge on any atom is -0.507 e. The van der Waals surface area contributed by atoms with Crippen molar-refractivity contribution in [1.29, 1.82) is 0 Å². The highest BCUT2D eigenvalue weighted by atomic mass is 16.5. The smallest absolute Gasteiger partial charge is 0.347 e. The second-order valence-corrected chi connectivity index (χ2v) is 8.33. The number of ether oxygens (including phenoxy) is 1. The van der Waals surface area contributed by atoms with Gasteiger partial charge in [-0.1, -0.05) is 49.6 Å². The molecule has 28 heavy (non-hydrogen) atoms. The van der Waals surface area contributed by atoms with Gasteiger partial charge in [0.15, 0.2) is 0 Å². The molecule has 4 heteroatoms. The van der Waals surface area contributed by atoms with Gasteiger partial charge in [-0.15, -0.1) is 0 Å². The maximum absolute atomic E-state index is 12.9. The number of aromatic hydroxyl groups is 1. The molecule has 4 rings (SSSR count). The van der Waals surface area contributed by atoms with Crippen LogP contribution >= 0.6 is 0 Å². The average molecular weight is 380 g/mol. The van der Waals surface area contributed by atoms with Gasteiger partial charge < -0.3 is 14.3 Å². The summed E-state index contributed by atoms with van der Waals surface area (Å²) in [6.45, 7) is 4.14. The van der Waals surface area contributed by atoms with Crippen LogP contribution in [0.5, 0.6) is 5.75 Å². The van der Waals surface area contributed by atoms with Crippen LogP contribution in [0.1, 0.15) is 67.4 Å². The predicted molar refractivity (Wildman–Crippen MR) is 108 cm³/mol. The molecule has 0 bridgehead atoms. The van der Waals surface area contributed by atoms with Gasteiger partial charge in [0.05, 0.1) is 6.26 Å². The lowest BCUT2D eigenvalue weighted by Gasteiger charge is -2.29. The Morgan fingerprint density at radius 1 is 1.25 bits per heavy atom. The molecule has 2 heterocycles. The van der Waals surface area contributed by atoms with Crippen LogP contribution in [0.2, 0.25) is 0 Å². The Balaban J connectivity index is 1.64. The highest BCUT2D eigenvalue weighted by Gasteiger charge is 2.45. The summed E-state index contributed by atoms with van der Waals surface area (Å²) in [5, 5.41) is 10.8. The summed E-state index contributed by atoms with van der Waals surface area (Å²) >= 11 is 0. The summed E-state index contributed by atoms with van der Waals surface area (Å²) in [5.74, 6) is 1.14. The summed E-state index contributed by atoms with van der Waals surface area (Å²) < 4.78 is 11.6. The van der Waals surface area contributed by atoms with Gasteiger partial charge in [0.25, 0.3) is 0 Å². The van der Waals surface area contributed by atoms with E-state index in [2.05, 4.69) is 38.1 Å². The third-order valence-electron chi connectivity index (χ3n) is 6.06. The van der Waals surface area contributed by atoms with Gasteiger partial charge in [0, 0.05) is 18.4 Å². The second kappa shape index (κ2) is 7.50. The molecule has 1 N–H and O–H groups in total. The number of benzene rings is 1. The molecule has 2 unspecified atom stereocenters. The van der Waals surface area contributed by atoms with Crippen LogP contribution in [0.15, 0.2) is 51.9 Å². The Labute approximate surface area is 165 Å². The lowest BCUT2D eigenvalue weighted by atomic mass is 9.85. The van der Waals surface area contributed by atoms with Crippen LogP contribution in [-0.2, 0) is 16.8 Å². The summed E-state index contributed by atoms with van der Waals surface area (Å²) in [6.07, 6.45) is 8.81. The van der Waals surface area contributed by atoms with Crippen LogP contribution in [0.3, 0.4) is 0 Å². The summed E-state index contributed by atoms with van der Waals surface area (Å²) in [4.78, 5) is 12.9. The molecule has 2 atom stereocenters. The third-order valence-corrected chi connectivity index (χ3v) is 6.06. The SMILES string of the molecule is CCC(Cc1ccc(C)cc1)c1cc(O)c(C2(CC3CC3)CC=CO2)c(=O)o1. The molecule has 4 nitrogen and oxygen atoms in total. The molecule has 1 saturated carbocycles. The fourth-order valence-corrected chi connectivity index (χ4v) is 4.22. The van der Waals surface area contributed by atoms with Gasteiger partial charge in [0.1, 0.15) is 22.7 Å². The lowest BCUT2D eigenvalue weighted by molar-refractivity contribution is 0.0210. The fraction of sp³-hybridized carbons (Fsp3) is 0.458. The van der Waals surface area contributed by atoms with Crippen molar-refractivity contribution in [2.24, 2.45) is 5.92 Å². The Hall–Kier alpha value is -2.49. The molecule has 1 aliphatic carbocycles. The van der Waals surface area contributed by atoms with E-state index in [1.807, 2.05) is 6.08 Å². The molecule has 0 spiro atoms. The third kappa shape index (κ3) is 3.73. The van der Waals surface area contributed by atoms with Crippen LogP contribution < -0.4 is 5.63 Å². The average Bonchev–Trinajstić information content (AvgIpc) is 3.35. The lowest BCUT2D eigenvalue weighted by Crippen LogP contribution is -2.32. The Kier molecular flexibility index (Phi) is 5.05. The number of hydrogen-bond donors (Lipinski definition) is 1. The normalized spacial score (nSPS) is 22.2. The van der Waals surface area contributed by atoms with Gasteiger partial charge >= 0.3 is 5.63 Å².